The molecular weight excluding hydrogens is 368 g/mol. The van der Waals surface area contributed by atoms with Crippen LogP contribution in [-0.2, 0) is 0 Å². The third kappa shape index (κ3) is 6.70. The molecule has 30 heavy (non-hydrogen) atoms. The van der Waals surface area contributed by atoms with Gasteiger partial charge < -0.3 is 10.2 Å². The van der Waals surface area contributed by atoms with E-state index in [4.69, 9.17) is 0 Å². The lowest BCUT2D eigenvalue weighted by atomic mass is 9.68. The van der Waals surface area contributed by atoms with Gasteiger partial charge in [-0.1, -0.05) is 60.6 Å². The van der Waals surface area contributed by atoms with Gasteiger partial charge >= 0.3 is 0 Å². The van der Waals surface area contributed by atoms with Crippen LogP contribution in [0.4, 0.5) is 0 Å². The van der Waals surface area contributed by atoms with Gasteiger partial charge in [0.2, 0.25) is 0 Å². The first-order valence-corrected chi connectivity index (χ1v) is 12.5. The third-order valence-electron chi connectivity index (χ3n) is 7.89. The molecule has 2 nitrogen and oxygen atoms in total. The van der Waals surface area contributed by atoms with E-state index in [1.54, 1.807) is 0 Å². The van der Waals surface area contributed by atoms with Crippen LogP contribution in [0.25, 0.3) is 0 Å². The Balaban J connectivity index is 2.05. The predicted molar refractivity (Wildman–Crippen MR) is 129 cm³/mol. The summed E-state index contributed by atoms with van der Waals surface area (Å²) in [7, 11) is 0. The van der Waals surface area contributed by atoms with Crippen molar-refractivity contribution >= 4 is 0 Å². The van der Waals surface area contributed by atoms with Crippen LogP contribution in [0.1, 0.15) is 120 Å². The van der Waals surface area contributed by atoms with E-state index in [0.29, 0.717) is 5.92 Å². The molecule has 174 valence electrons. The standard InChI is InChI=1S/C28H50O2/c1-21(2)18-28(30,24-14-11-16-26(6,7)20-24)17-9-12-22(3)27(8,29)23-13-10-15-25(4,5)19-23/h14,19,21-22,29-30H,9-13,15-18,20H2,1-8H3. The zero-order chi connectivity index (χ0) is 22.8. The van der Waals surface area contributed by atoms with Crippen LogP contribution in [-0.4, -0.2) is 21.4 Å². The Hall–Kier alpha value is -0.600. The lowest BCUT2D eigenvalue weighted by Crippen LogP contribution is -2.39. The minimum Gasteiger partial charge on any atom is -0.386 e. The average Bonchev–Trinajstić information content (AvgIpc) is 2.59. The summed E-state index contributed by atoms with van der Waals surface area (Å²) in [6, 6.07) is 0. The fourth-order valence-corrected chi connectivity index (χ4v) is 5.78. The quantitative estimate of drug-likeness (QED) is 0.378. The number of allylic oxidation sites excluding steroid dienone is 2. The molecule has 0 aromatic heterocycles. The van der Waals surface area contributed by atoms with Crippen molar-refractivity contribution in [1.29, 1.82) is 0 Å². The second kappa shape index (κ2) is 9.49. The minimum absolute atomic E-state index is 0.190. The molecule has 0 aromatic rings. The van der Waals surface area contributed by atoms with Gasteiger partial charge in [0, 0.05) is 0 Å². The molecule has 2 N–H and O–H groups in total. The summed E-state index contributed by atoms with van der Waals surface area (Å²) in [5, 5.41) is 23.1. The smallest absolute Gasteiger partial charge is 0.0859 e. The molecule has 0 bridgehead atoms. The Morgan fingerprint density at radius 3 is 2.27 bits per heavy atom. The molecule has 0 heterocycles. The summed E-state index contributed by atoms with van der Waals surface area (Å²) < 4.78 is 0. The van der Waals surface area contributed by atoms with Gasteiger partial charge in [-0.2, -0.15) is 0 Å². The molecule has 0 spiro atoms. The minimum atomic E-state index is -0.750. The second-order valence-electron chi connectivity index (χ2n) is 12.7. The highest BCUT2D eigenvalue weighted by Gasteiger charge is 2.39. The first kappa shape index (κ1) is 25.7. The average molecular weight is 419 g/mol. The Kier molecular flexibility index (Phi) is 8.12. The number of rotatable bonds is 9. The van der Waals surface area contributed by atoms with Gasteiger partial charge in [-0.25, -0.2) is 0 Å². The van der Waals surface area contributed by atoms with Gasteiger partial charge in [-0.3, -0.25) is 0 Å². The summed E-state index contributed by atoms with van der Waals surface area (Å²) in [5.74, 6) is 0.661. The van der Waals surface area contributed by atoms with E-state index < -0.39 is 11.2 Å². The van der Waals surface area contributed by atoms with Gasteiger partial charge in [0.25, 0.3) is 0 Å². The van der Waals surface area contributed by atoms with Crippen molar-refractivity contribution in [2.45, 2.75) is 131 Å². The van der Waals surface area contributed by atoms with Crippen LogP contribution in [0.3, 0.4) is 0 Å². The topological polar surface area (TPSA) is 40.5 Å². The Bertz CT molecular complexity index is 635. The van der Waals surface area contributed by atoms with Crippen molar-refractivity contribution < 1.29 is 10.2 Å². The van der Waals surface area contributed by atoms with Gasteiger partial charge in [0.1, 0.15) is 0 Å². The first-order valence-electron chi connectivity index (χ1n) is 12.5. The van der Waals surface area contributed by atoms with Crippen LogP contribution in [0, 0.1) is 22.7 Å². The summed E-state index contributed by atoms with van der Waals surface area (Å²) >= 11 is 0. The summed E-state index contributed by atoms with van der Waals surface area (Å²) in [6.07, 6.45) is 14.9. The molecule has 0 fully saturated rings. The molecular formula is C28H50O2. The van der Waals surface area contributed by atoms with E-state index in [-0.39, 0.29) is 16.7 Å². The highest BCUT2D eigenvalue weighted by Crippen LogP contribution is 2.44. The second-order valence-corrected chi connectivity index (χ2v) is 12.7. The maximum absolute atomic E-state index is 11.7. The summed E-state index contributed by atoms with van der Waals surface area (Å²) in [4.78, 5) is 0. The predicted octanol–water partition coefficient (Wildman–Crippen LogP) is 7.59. The van der Waals surface area contributed by atoms with Crippen LogP contribution in [0.2, 0.25) is 0 Å². The number of hydrogen-bond acceptors (Lipinski definition) is 2. The molecule has 0 aliphatic heterocycles. The highest BCUT2D eigenvalue weighted by atomic mass is 16.3. The fourth-order valence-electron chi connectivity index (χ4n) is 5.78. The van der Waals surface area contributed by atoms with Gasteiger partial charge in [-0.05, 0) is 105 Å². The molecule has 0 radical (unpaired) electrons. The number of aliphatic hydroxyl groups is 2. The highest BCUT2D eigenvalue weighted by molar-refractivity contribution is 5.23. The van der Waals surface area contributed by atoms with Crippen molar-refractivity contribution in [3.05, 3.63) is 23.3 Å². The van der Waals surface area contributed by atoms with Crippen LogP contribution in [0.5, 0.6) is 0 Å². The summed E-state index contributed by atoms with van der Waals surface area (Å²) in [6.45, 7) is 17.8. The maximum Gasteiger partial charge on any atom is 0.0859 e. The van der Waals surface area contributed by atoms with Crippen LogP contribution < -0.4 is 0 Å². The van der Waals surface area contributed by atoms with Gasteiger partial charge in [0.15, 0.2) is 0 Å². The van der Waals surface area contributed by atoms with E-state index >= 15 is 0 Å². The number of hydrogen-bond donors (Lipinski definition) is 2. The van der Waals surface area contributed by atoms with Gasteiger partial charge in [-0.15, -0.1) is 0 Å². The maximum atomic E-state index is 11.7. The van der Waals surface area contributed by atoms with Crippen molar-refractivity contribution in [3.8, 4) is 0 Å². The monoisotopic (exact) mass is 418 g/mol. The molecule has 2 aliphatic carbocycles. The first-order chi connectivity index (χ1) is 13.7. The third-order valence-corrected chi connectivity index (χ3v) is 7.89. The molecule has 0 aromatic carbocycles. The van der Waals surface area contributed by atoms with E-state index in [1.165, 1.54) is 30.4 Å². The zero-order valence-electron chi connectivity index (χ0n) is 21.3. The molecule has 2 rings (SSSR count). The lowest BCUT2D eigenvalue weighted by molar-refractivity contribution is 0.0149. The van der Waals surface area contributed by atoms with E-state index in [9.17, 15) is 10.2 Å². The van der Waals surface area contributed by atoms with E-state index in [0.717, 1.165) is 44.9 Å². The molecule has 3 atom stereocenters. The molecule has 0 amide bonds. The van der Waals surface area contributed by atoms with E-state index in [1.807, 2.05) is 6.92 Å². The van der Waals surface area contributed by atoms with Crippen molar-refractivity contribution in [2.75, 3.05) is 0 Å². The molecule has 3 unspecified atom stereocenters. The Labute approximate surface area is 187 Å². The molecule has 2 aliphatic rings. The summed E-state index contributed by atoms with van der Waals surface area (Å²) in [5.41, 5.74) is 1.52. The van der Waals surface area contributed by atoms with Crippen LogP contribution in [0.15, 0.2) is 23.3 Å². The van der Waals surface area contributed by atoms with Gasteiger partial charge in [0.05, 0.1) is 11.2 Å². The van der Waals surface area contributed by atoms with Crippen molar-refractivity contribution in [1.82, 2.24) is 0 Å². The van der Waals surface area contributed by atoms with E-state index in [2.05, 4.69) is 60.6 Å². The zero-order valence-corrected chi connectivity index (χ0v) is 21.3. The Morgan fingerprint density at radius 1 is 1.03 bits per heavy atom. The van der Waals surface area contributed by atoms with Crippen molar-refractivity contribution in [3.63, 3.8) is 0 Å². The molecule has 2 heteroatoms. The fraction of sp³-hybridized carbons (Fsp3) is 0.857. The largest absolute Gasteiger partial charge is 0.386 e. The van der Waals surface area contributed by atoms with Crippen LogP contribution >= 0.6 is 0 Å². The SMILES string of the molecule is CC(C)CC(O)(CCCC(C)C(C)(O)C1=CC(C)(C)CCC1)C1=CCCC(C)(C)C1. The molecule has 0 saturated carbocycles. The normalized spacial score (nSPS) is 26.4. The Morgan fingerprint density at radius 2 is 1.70 bits per heavy atom. The molecule has 0 saturated heterocycles. The van der Waals surface area contributed by atoms with Crippen molar-refractivity contribution in [2.24, 2.45) is 22.7 Å². The lowest BCUT2D eigenvalue weighted by Gasteiger charge is -2.41.